The molecule has 0 atom stereocenters. The maximum Gasteiger partial charge on any atom is 0.345 e. The highest BCUT2D eigenvalue weighted by atomic mass is 35.5. The maximum atomic E-state index is 11.4. The second-order valence-corrected chi connectivity index (χ2v) is 4.67. The molecule has 82 valence electrons. The average molecular weight is 236 g/mol. The number of nitrogens with two attached hydrogens (primary N) is 1. The van der Waals surface area contributed by atoms with Crippen molar-refractivity contribution in [3.63, 3.8) is 0 Å². The first-order valence-corrected chi connectivity index (χ1v) is 5.45. The van der Waals surface area contributed by atoms with Gasteiger partial charge in [-0.3, -0.25) is 0 Å². The SMILES string of the molecule is NC1(c2[nH]c(=O)nc3cc(Cl)ccc23)CC1. The summed E-state index contributed by atoms with van der Waals surface area (Å²) >= 11 is 5.87. The van der Waals surface area contributed by atoms with E-state index in [0.717, 1.165) is 23.9 Å². The molecule has 16 heavy (non-hydrogen) atoms. The number of hydrogen-bond donors (Lipinski definition) is 2. The first-order chi connectivity index (χ1) is 7.58. The molecule has 1 aliphatic rings. The van der Waals surface area contributed by atoms with Crippen molar-refractivity contribution in [1.29, 1.82) is 0 Å². The van der Waals surface area contributed by atoms with E-state index in [0.29, 0.717) is 10.5 Å². The van der Waals surface area contributed by atoms with E-state index in [-0.39, 0.29) is 11.2 Å². The lowest BCUT2D eigenvalue weighted by molar-refractivity contribution is 0.708. The molecule has 1 aliphatic carbocycles. The Kier molecular flexibility index (Phi) is 1.87. The Balaban J connectivity index is 2.39. The topological polar surface area (TPSA) is 71.8 Å². The van der Waals surface area contributed by atoms with Crippen molar-refractivity contribution in [3.05, 3.63) is 39.4 Å². The molecule has 1 aromatic carbocycles. The van der Waals surface area contributed by atoms with Crippen molar-refractivity contribution in [3.8, 4) is 0 Å². The highest BCUT2D eigenvalue weighted by molar-refractivity contribution is 6.31. The number of H-pyrrole nitrogens is 1. The fraction of sp³-hybridized carbons (Fsp3) is 0.273. The summed E-state index contributed by atoms with van der Waals surface area (Å²) in [6, 6.07) is 5.31. The molecule has 0 saturated heterocycles. The van der Waals surface area contributed by atoms with Crippen LogP contribution in [-0.4, -0.2) is 9.97 Å². The largest absolute Gasteiger partial charge is 0.345 e. The molecule has 3 N–H and O–H groups in total. The summed E-state index contributed by atoms with van der Waals surface area (Å²) in [4.78, 5) is 18.0. The number of aromatic amines is 1. The fourth-order valence-electron chi connectivity index (χ4n) is 1.90. The minimum atomic E-state index is -0.381. The minimum Gasteiger partial charge on any atom is -0.320 e. The summed E-state index contributed by atoms with van der Waals surface area (Å²) in [6.07, 6.45) is 1.79. The number of fused-ring (bicyclic) bond motifs is 1. The Morgan fingerprint density at radius 1 is 1.44 bits per heavy atom. The van der Waals surface area contributed by atoms with Crippen LogP contribution in [0.2, 0.25) is 5.02 Å². The van der Waals surface area contributed by atoms with E-state index in [9.17, 15) is 4.79 Å². The number of hydrogen-bond acceptors (Lipinski definition) is 3. The van der Waals surface area contributed by atoms with Crippen LogP contribution in [0.3, 0.4) is 0 Å². The van der Waals surface area contributed by atoms with Crippen LogP contribution in [0.1, 0.15) is 18.5 Å². The molecule has 0 aliphatic heterocycles. The fourth-order valence-corrected chi connectivity index (χ4v) is 2.06. The Hall–Kier alpha value is -1.39. The van der Waals surface area contributed by atoms with Gasteiger partial charge in [0.05, 0.1) is 11.1 Å². The Morgan fingerprint density at radius 3 is 2.88 bits per heavy atom. The number of aromatic nitrogens is 2. The van der Waals surface area contributed by atoms with Gasteiger partial charge in [-0.05, 0) is 31.0 Å². The third-order valence-electron chi connectivity index (χ3n) is 2.97. The molecule has 4 nitrogen and oxygen atoms in total. The molecule has 1 saturated carbocycles. The molecule has 5 heteroatoms. The summed E-state index contributed by atoms with van der Waals surface area (Å²) < 4.78 is 0. The van der Waals surface area contributed by atoms with E-state index < -0.39 is 0 Å². The third kappa shape index (κ3) is 1.42. The molecule has 3 rings (SSSR count). The van der Waals surface area contributed by atoms with E-state index in [1.54, 1.807) is 12.1 Å². The number of benzene rings is 1. The van der Waals surface area contributed by atoms with Crippen LogP contribution in [0.15, 0.2) is 23.0 Å². The van der Waals surface area contributed by atoms with E-state index in [1.807, 2.05) is 6.07 Å². The number of rotatable bonds is 1. The number of nitrogens with one attached hydrogen (secondary N) is 1. The van der Waals surface area contributed by atoms with Gasteiger partial charge in [0.15, 0.2) is 0 Å². The van der Waals surface area contributed by atoms with Crippen LogP contribution in [0, 0.1) is 0 Å². The highest BCUT2D eigenvalue weighted by Crippen LogP contribution is 2.43. The Morgan fingerprint density at radius 2 is 2.19 bits per heavy atom. The first-order valence-electron chi connectivity index (χ1n) is 5.07. The van der Waals surface area contributed by atoms with Gasteiger partial charge >= 0.3 is 5.69 Å². The third-order valence-corrected chi connectivity index (χ3v) is 3.20. The van der Waals surface area contributed by atoms with Crippen molar-refractivity contribution in [2.75, 3.05) is 0 Å². The summed E-state index contributed by atoms with van der Waals surface area (Å²) in [5, 5.41) is 1.45. The van der Waals surface area contributed by atoms with Crippen molar-refractivity contribution < 1.29 is 0 Å². The zero-order valence-electron chi connectivity index (χ0n) is 8.46. The first kappa shape index (κ1) is 9.81. The molecular formula is C11H10ClN3O. The lowest BCUT2D eigenvalue weighted by atomic mass is 10.1. The molecule has 0 radical (unpaired) electrons. The van der Waals surface area contributed by atoms with E-state index in [1.165, 1.54) is 0 Å². The predicted molar refractivity (Wildman–Crippen MR) is 62.5 cm³/mol. The van der Waals surface area contributed by atoms with Gasteiger partial charge in [-0.1, -0.05) is 11.6 Å². The minimum absolute atomic E-state index is 0.374. The van der Waals surface area contributed by atoms with Crippen molar-refractivity contribution in [1.82, 2.24) is 9.97 Å². The van der Waals surface area contributed by atoms with Crippen molar-refractivity contribution in [2.24, 2.45) is 5.73 Å². The normalized spacial score (nSPS) is 17.6. The van der Waals surface area contributed by atoms with Crippen LogP contribution < -0.4 is 11.4 Å². The zero-order chi connectivity index (χ0) is 11.3. The van der Waals surface area contributed by atoms with Crippen LogP contribution in [-0.2, 0) is 5.54 Å². The second-order valence-electron chi connectivity index (χ2n) is 4.23. The summed E-state index contributed by atoms with van der Waals surface area (Å²) in [7, 11) is 0. The van der Waals surface area contributed by atoms with Gasteiger partial charge in [0.25, 0.3) is 0 Å². The van der Waals surface area contributed by atoms with Gasteiger partial charge < -0.3 is 10.7 Å². The molecule has 2 aromatic rings. The van der Waals surface area contributed by atoms with Gasteiger partial charge in [0, 0.05) is 16.1 Å². The second kappa shape index (κ2) is 3.06. The van der Waals surface area contributed by atoms with E-state index in [4.69, 9.17) is 17.3 Å². The molecule has 1 heterocycles. The van der Waals surface area contributed by atoms with Gasteiger partial charge in [-0.15, -0.1) is 0 Å². The Bertz CT molecular complexity index is 631. The highest BCUT2D eigenvalue weighted by Gasteiger charge is 2.42. The molecule has 1 fully saturated rings. The van der Waals surface area contributed by atoms with E-state index in [2.05, 4.69) is 9.97 Å². The van der Waals surface area contributed by atoms with Crippen LogP contribution in [0.4, 0.5) is 0 Å². The standard InChI is InChI=1S/C11H10ClN3O/c12-6-1-2-7-8(5-6)14-10(16)15-9(7)11(13)3-4-11/h1-2,5H,3-4,13H2,(H,14,15,16). The molecule has 0 amide bonds. The molecular weight excluding hydrogens is 226 g/mol. The van der Waals surface area contributed by atoms with Gasteiger partial charge in [-0.25, -0.2) is 4.79 Å². The van der Waals surface area contributed by atoms with Gasteiger partial charge in [-0.2, -0.15) is 4.98 Å². The van der Waals surface area contributed by atoms with Crippen molar-refractivity contribution >= 4 is 22.5 Å². The molecule has 0 unspecified atom stereocenters. The predicted octanol–water partition coefficient (Wildman–Crippen LogP) is 1.52. The van der Waals surface area contributed by atoms with Crippen LogP contribution in [0.5, 0.6) is 0 Å². The lowest BCUT2D eigenvalue weighted by Gasteiger charge is -2.11. The molecule has 0 spiro atoms. The average Bonchev–Trinajstić information content (AvgIpc) is 2.96. The van der Waals surface area contributed by atoms with E-state index >= 15 is 0 Å². The quantitative estimate of drug-likeness (QED) is 0.787. The lowest BCUT2D eigenvalue weighted by Crippen LogP contribution is -2.25. The smallest absolute Gasteiger partial charge is 0.320 e. The zero-order valence-corrected chi connectivity index (χ0v) is 9.21. The van der Waals surface area contributed by atoms with Gasteiger partial charge in [0.2, 0.25) is 0 Å². The summed E-state index contributed by atoms with van der Waals surface area (Å²) in [5.41, 5.74) is 6.73. The summed E-state index contributed by atoms with van der Waals surface area (Å²) in [6.45, 7) is 0. The maximum absolute atomic E-state index is 11.4. The van der Waals surface area contributed by atoms with Gasteiger partial charge in [0.1, 0.15) is 0 Å². The molecule has 1 aromatic heterocycles. The molecule has 0 bridgehead atoms. The number of nitrogens with zero attached hydrogens (tertiary/aromatic N) is 1. The van der Waals surface area contributed by atoms with Crippen molar-refractivity contribution in [2.45, 2.75) is 18.4 Å². The summed E-state index contributed by atoms with van der Waals surface area (Å²) in [5.74, 6) is 0. The Labute approximate surface area is 96.4 Å². The number of halogens is 1. The monoisotopic (exact) mass is 235 g/mol. The van der Waals surface area contributed by atoms with Crippen LogP contribution in [0.25, 0.3) is 10.9 Å². The van der Waals surface area contributed by atoms with Crippen LogP contribution >= 0.6 is 11.6 Å².